The molecule has 3 nitrogen and oxygen atoms in total. The Labute approximate surface area is 75.7 Å². The zero-order chi connectivity index (χ0) is 8.13. The summed E-state index contributed by atoms with van der Waals surface area (Å²) in [7, 11) is 0. The van der Waals surface area contributed by atoms with E-state index in [9.17, 15) is 0 Å². The highest BCUT2D eigenvalue weighted by Crippen LogP contribution is 2.45. The number of aromatic nitrogens is 3. The Bertz CT molecular complexity index is 312. The molecule has 1 heterocycles. The van der Waals surface area contributed by atoms with Crippen LogP contribution < -0.4 is 0 Å². The topological polar surface area (TPSA) is 30.7 Å². The minimum absolute atomic E-state index is 0.583. The van der Waals surface area contributed by atoms with Gasteiger partial charge in [-0.25, -0.2) is 0 Å². The summed E-state index contributed by atoms with van der Waals surface area (Å²) in [6.45, 7) is 0. The largest absolute Gasteiger partial charge is 0.298 e. The normalized spacial score (nSPS) is 23.1. The molecule has 0 N–H and O–H groups in total. The molecule has 64 valence electrons. The van der Waals surface area contributed by atoms with Gasteiger partial charge in [-0.15, -0.1) is 10.2 Å². The third kappa shape index (κ3) is 0.959. The number of hydrogen-bond acceptors (Lipinski definition) is 2. The second-order valence-electron chi connectivity index (χ2n) is 3.70. The quantitative estimate of drug-likeness (QED) is 0.704. The van der Waals surface area contributed by atoms with Crippen molar-refractivity contribution in [2.24, 2.45) is 0 Å². The summed E-state index contributed by atoms with van der Waals surface area (Å²) in [6.07, 6.45) is 5.03. The van der Waals surface area contributed by atoms with E-state index in [1.165, 1.54) is 25.7 Å². The smallest absolute Gasteiger partial charge is 0.225 e. The van der Waals surface area contributed by atoms with Crippen LogP contribution in [0.4, 0.5) is 0 Å². The predicted octanol–water partition coefficient (Wildman–Crippen LogP) is 2.14. The first-order valence-corrected chi connectivity index (χ1v) is 4.84. The second kappa shape index (κ2) is 2.22. The molecule has 2 saturated carbocycles. The van der Waals surface area contributed by atoms with Gasteiger partial charge in [0, 0.05) is 12.0 Å². The molecule has 12 heavy (non-hydrogen) atoms. The molecule has 2 fully saturated rings. The zero-order valence-corrected chi connectivity index (χ0v) is 7.46. The second-order valence-corrected chi connectivity index (χ2v) is 4.04. The molecule has 0 aliphatic heterocycles. The van der Waals surface area contributed by atoms with Gasteiger partial charge in [0.2, 0.25) is 5.28 Å². The first-order valence-electron chi connectivity index (χ1n) is 4.46. The third-order valence-corrected chi connectivity index (χ3v) is 2.79. The minimum Gasteiger partial charge on any atom is -0.298 e. The number of rotatable bonds is 2. The highest BCUT2D eigenvalue weighted by molar-refractivity contribution is 6.28. The Balaban J connectivity index is 2.04. The lowest BCUT2D eigenvalue weighted by atomic mass is 10.4. The van der Waals surface area contributed by atoms with Crippen molar-refractivity contribution in [1.29, 1.82) is 0 Å². The van der Waals surface area contributed by atoms with Crippen LogP contribution in [0.15, 0.2) is 0 Å². The third-order valence-electron chi connectivity index (χ3n) is 2.54. The Morgan fingerprint density at radius 2 is 1.92 bits per heavy atom. The number of hydrogen-bond donors (Lipinski definition) is 0. The first-order chi connectivity index (χ1) is 5.86. The van der Waals surface area contributed by atoms with Gasteiger partial charge in [0.1, 0.15) is 5.82 Å². The molecule has 0 saturated heterocycles. The monoisotopic (exact) mass is 183 g/mol. The van der Waals surface area contributed by atoms with Crippen LogP contribution in [0.25, 0.3) is 0 Å². The number of nitrogens with zero attached hydrogens (tertiary/aromatic N) is 3. The summed E-state index contributed by atoms with van der Waals surface area (Å²) in [5, 5.41) is 8.62. The molecule has 0 bridgehead atoms. The van der Waals surface area contributed by atoms with E-state index >= 15 is 0 Å². The maximum Gasteiger partial charge on any atom is 0.225 e. The molecule has 0 radical (unpaired) electrons. The van der Waals surface area contributed by atoms with Crippen molar-refractivity contribution < 1.29 is 0 Å². The molecule has 0 unspecified atom stereocenters. The fourth-order valence-electron chi connectivity index (χ4n) is 1.57. The molecule has 3 rings (SSSR count). The van der Waals surface area contributed by atoms with Gasteiger partial charge in [0.25, 0.3) is 0 Å². The molecule has 0 aromatic carbocycles. The van der Waals surface area contributed by atoms with Crippen LogP contribution in [-0.2, 0) is 0 Å². The van der Waals surface area contributed by atoms with Crippen molar-refractivity contribution in [2.45, 2.75) is 37.6 Å². The van der Waals surface area contributed by atoms with Crippen molar-refractivity contribution in [3.05, 3.63) is 11.1 Å². The van der Waals surface area contributed by atoms with E-state index in [1.807, 2.05) is 0 Å². The fraction of sp³-hybridized carbons (Fsp3) is 0.750. The molecular formula is C8H10ClN3. The van der Waals surface area contributed by atoms with E-state index in [0.717, 1.165) is 5.82 Å². The van der Waals surface area contributed by atoms with Gasteiger partial charge < -0.3 is 0 Å². The highest BCUT2D eigenvalue weighted by atomic mass is 35.5. The van der Waals surface area contributed by atoms with E-state index in [4.69, 9.17) is 11.6 Å². The van der Waals surface area contributed by atoms with Gasteiger partial charge in [-0.1, -0.05) is 0 Å². The van der Waals surface area contributed by atoms with Crippen molar-refractivity contribution in [1.82, 2.24) is 14.8 Å². The maximum absolute atomic E-state index is 5.94. The fourth-order valence-corrected chi connectivity index (χ4v) is 1.84. The standard InChI is InChI=1S/C8H10ClN3/c9-8-11-10-7(5-1-2-5)12(8)6-3-4-6/h5-6H,1-4H2. The molecule has 1 aromatic rings. The van der Waals surface area contributed by atoms with Crippen molar-refractivity contribution in [3.8, 4) is 0 Å². The summed E-state index contributed by atoms with van der Waals surface area (Å²) < 4.78 is 2.12. The van der Waals surface area contributed by atoms with Gasteiger partial charge in [-0.05, 0) is 37.3 Å². The molecular weight excluding hydrogens is 174 g/mol. The lowest BCUT2D eigenvalue weighted by Gasteiger charge is -2.02. The van der Waals surface area contributed by atoms with Crippen LogP contribution in [0, 0.1) is 0 Å². The highest BCUT2D eigenvalue weighted by Gasteiger charge is 2.35. The predicted molar refractivity (Wildman–Crippen MR) is 45.3 cm³/mol. The molecule has 4 heteroatoms. The van der Waals surface area contributed by atoms with E-state index in [1.54, 1.807) is 0 Å². The van der Waals surface area contributed by atoms with Gasteiger partial charge >= 0.3 is 0 Å². The van der Waals surface area contributed by atoms with Crippen LogP contribution in [0.3, 0.4) is 0 Å². The van der Waals surface area contributed by atoms with Crippen molar-refractivity contribution in [2.75, 3.05) is 0 Å². The average molecular weight is 184 g/mol. The zero-order valence-electron chi connectivity index (χ0n) is 6.70. The van der Waals surface area contributed by atoms with Crippen LogP contribution in [0.1, 0.15) is 43.5 Å². The molecule has 0 spiro atoms. The lowest BCUT2D eigenvalue weighted by molar-refractivity contribution is 0.684. The Hall–Kier alpha value is -0.570. The average Bonchev–Trinajstić information content (AvgIpc) is 2.93. The van der Waals surface area contributed by atoms with Gasteiger partial charge in [0.05, 0.1) is 0 Å². The minimum atomic E-state index is 0.583. The molecule has 0 amide bonds. The van der Waals surface area contributed by atoms with Crippen LogP contribution in [0.2, 0.25) is 5.28 Å². The van der Waals surface area contributed by atoms with E-state index < -0.39 is 0 Å². The lowest BCUT2D eigenvalue weighted by Crippen LogP contribution is -1.99. The van der Waals surface area contributed by atoms with Gasteiger partial charge in [-0.3, -0.25) is 4.57 Å². The summed E-state index contributed by atoms with van der Waals surface area (Å²) in [5.41, 5.74) is 0. The maximum atomic E-state index is 5.94. The van der Waals surface area contributed by atoms with Gasteiger partial charge in [-0.2, -0.15) is 0 Å². The summed E-state index contributed by atoms with van der Waals surface area (Å²) >= 11 is 5.94. The molecule has 2 aliphatic carbocycles. The van der Waals surface area contributed by atoms with E-state index in [2.05, 4.69) is 14.8 Å². The summed E-state index contributed by atoms with van der Waals surface area (Å²) in [5.74, 6) is 1.79. The van der Waals surface area contributed by atoms with Gasteiger partial charge in [0.15, 0.2) is 0 Å². The SMILES string of the molecule is Clc1nnc(C2CC2)n1C1CC1. The van der Waals surface area contributed by atoms with Crippen LogP contribution in [-0.4, -0.2) is 14.8 Å². The van der Waals surface area contributed by atoms with Crippen LogP contribution >= 0.6 is 11.6 Å². The Morgan fingerprint density at radius 1 is 1.17 bits per heavy atom. The van der Waals surface area contributed by atoms with Crippen molar-refractivity contribution in [3.63, 3.8) is 0 Å². The molecule has 0 atom stereocenters. The van der Waals surface area contributed by atoms with Crippen molar-refractivity contribution >= 4 is 11.6 Å². The first kappa shape index (κ1) is 6.89. The van der Waals surface area contributed by atoms with E-state index in [-0.39, 0.29) is 0 Å². The summed E-state index contributed by atoms with van der Waals surface area (Å²) in [4.78, 5) is 0. The Morgan fingerprint density at radius 3 is 2.50 bits per heavy atom. The number of halogens is 1. The van der Waals surface area contributed by atoms with Crippen LogP contribution in [0.5, 0.6) is 0 Å². The molecule has 1 aromatic heterocycles. The summed E-state index contributed by atoms with van der Waals surface area (Å²) in [6, 6.07) is 0.614. The Kier molecular flexibility index (Phi) is 1.28. The van der Waals surface area contributed by atoms with E-state index in [0.29, 0.717) is 17.2 Å². The molecule has 2 aliphatic rings.